The number of para-hydroxylation sites is 3. The van der Waals surface area contributed by atoms with Crippen LogP contribution in [-0.4, -0.2) is 28.2 Å². The number of benzene rings is 2. The summed E-state index contributed by atoms with van der Waals surface area (Å²) in [6.07, 6.45) is 0.277. The van der Waals surface area contributed by atoms with Gasteiger partial charge in [0.15, 0.2) is 0 Å². The number of hydrogen-bond donors (Lipinski definition) is 1. The predicted molar refractivity (Wildman–Crippen MR) is 96.7 cm³/mol. The van der Waals surface area contributed by atoms with E-state index in [-0.39, 0.29) is 18.0 Å². The molecule has 0 aliphatic carbocycles. The Morgan fingerprint density at radius 3 is 2.48 bits per heavy atom. The molecule has 1 aromatic heterocycles. The van der Waals surface area contributed by atoms with Crippen molar-refractivity contribution in [2.75, 3.05) is 13.2 Å². The van der Waals surface area contributed by atoms with Gasteiger partial charge in [-0.25, -0.2) is 4.79 Å². The molecule has 2 aromatic carbocycles. The highest BCUT2D eigenvalue weighted by molar-refractivity contribution is 5.76. The van der Waals surface area contributed by atoms with E-state index in [4.69, 9.17) is 4.74 Å². The second kappa shape index (κ2) is 7.70. The summed E-state index contributed by atoms with van der Waals surface area (Å²) in [7, 11) is 1.75. The van der Waals surface area contributed by atoms with Gasteiger partial charge in [-0.3, -0.25) is 13.9 Å². The van der Waals surface area contributed by atoms with Crippen LogP contribution in [-0.2, 0) is 18.4 Å². The second-order valence-electron chi connectivity index (χ2n) is 5.74. The standard InChI is InChI=1S/C19H21N3O3/c1-21-16-9-5-6-10-17(16)22(19(21)24)13-12-20-18(23)11-14-25-15-7-3-2-4-8-15/h2-10H,11-14H2,1H3,(H,20,23). The first kappa shape index (κ1) is 16.8. The number of imidazole rings is 1. The number of amides is 1. The molecule has 0 unspecified atom stereocenters. The molecule has 3 rings (SSSR count). The molecule has 6 heteroatoms. The average Bonchev–Trinajstić information content (AvgIpc) is 2.88. The maximum atomic E-state index is 12.3. The smallest absolute Gasteiger partial charge is 0.328 e. The van der Waals surface area contributed by atoms with Crippen molar-refractivity contribution in [3.63, 3.8) is 0 Å². The van der Waals surface area contributed by atoms with E-state index in [0.717, 1.165) is 16.8 Å². The molecule has 0 aliphatic rings. The van der Waals surface area contributed by atoms with Gasteiger partial charge in [-0.05, 0) is 24.3 Å². The molecule has 0 bridgehead atoms. The van der Waals surface area contributed by atoms with Gasteiger partial charge in [-0.15, -0.1) is 0 Å². The van der Waals surface area contributed by atoms with Gasteiger partial charge in [-0.1, -0.05) is 30.3 Å². The summed E-state index contributed by atoms with van der Waals surface area (Å²) >= 11 is 0. The Morgan fingerprint density at radius 1 is 1.04 bits per heavy atom. The van der Waals surface area contributed by atoms with Crippen LogP contribution in [0.2, 0.25) is 0 Å². The zero-order chi connectivity index (χ0) is 17.6. The summed E-state index contributed by atoms with van der Waals surface area (Å²) in [6.45, 7) is 1.16. The average molecular weight is 339 g/mol. The normalized spacial score (nSPS) is 10.8. The molecule has 25 heavy (non-hydrogen) atoms. The fourth-order valence-corrected chi connectivity index (χ4v) is 2.75. The number of aryl methyl sites for hydroxylation is 1. The lowest BCUT2D eigenvalue weighted by molar-refractivity contribution is -0.121. The molecule has 0 spiro atoms. The van der Waals surface area contributed by atoms with Gasteiger partial charge in [0.05, 0.1) is 24.1 Å². The monoisotopic (exact) mass is 339 g/mol. The number of ether oxygens (including phenoxy) is 1. The highest BCUT2D eigenvalue weighted by Crippen LogP contribution is 2.11. The molecular formula is C19H21N3O3. The van der Waals surface area contributed by atoms with Gasteiger partial charge in [0.25, 0.3) is 0 Å². The number of aromatic nitrogens is 2. The van der Waals surface area contributed by atoms with E-state index < -0.39 is 0 Å². The van der Waals surface area contributed by atoms with E-state index >= 15 is 0 Å². The number of hydrogen-bond acceptors (Lipinski definition) is 3. The Kier molecular flexibility index (Phi) is 5.18. The van der Waals surface area contributed by atoms with Crippen LogP contribution in [0.3, 0.4) is 0 Å². The first-order valence-electron chi connectivity index (χ1n) is 8.25. The lowest BCUT2D eigenvalue weighted by Crippen LogP contribution is -2.31. The minimum Gasteiger partial charge on any atom is -0.493 e. The molecule has 6 nitrogen and oxygen atoms in total. The van der Waals surface area contributed by atoms with Gasteiger partial charge >= 0.3 is 5.69 Å². The predicted octanol–water partition coefficient (Wildman–Crippen LogP) is 1.93. The first-order valence-corrected chi connectivity index (χ1v) is 8.25. The second-order valence-corrected chi connectivity index (χ2v) is 5.74. The number of nitrogens with zero attached hydrogens (tertiary/aromatic N) is 2. The fourth-order valence-electron chi connectivity index (χ4n) is 2.75. The van der Waals surface area contributed by atoms with Crippen molar-refractivity contribution in [3.05, 3.63) is 65.1 Å². The summed E-state index contributed by atoms with van der Waals surface area (Å²) in [5.41, 5.74) is 1.68. The van der Waals surface area contributed by atoms with Crippen LogP contribution in [0, 0.1) is 0 Å². The molecule has 0 aliphatic heterocycles. The van der Waals surface area contributed by atoms with Crippen LogP contribution in [0.5, 0.6) is 5.75 Å². The van der Waals surface area contributed by atoms with E-state index in [1.807, 2.05) is 54.6 Å². The van der Waals surface area contributed by atoms with Gasteiger partial charge < -0.3 is 10.1 Å². The fraction of sp³-hybridized carbons (Fsp3) is 0.263. The third kappa shape index (κ3) is 3.91. The summed E-state index contributed by atoms with van der Waals surface area (Å²) in [5.74, 6) is 0.654. The minimum atomic E-state index is -0.0933. The van der Waals surface area contributed by atoms with E-state index in [1.54, 1.807) is 16.2 Å². The topological polar surface area (TPSA) is 65.3 Å². The van der Waals surface area contributed by atoms with Crippen LogP contribution >= 0.6 is 0 Å². The van der Waals surface area contributed by atoms with Crippen LogP contribution in [0.25, 0.3) is 11.0 Å². The van der Waals surface area contributed by atoms with Gasteiger partial charge in [0.1, 0.15) is 5.75 Å². The SMILES string of the molecule is Cn1c(=O)n(CCNC(=O)CCOc2ccccc2)c2ccccc21. The summed E-state index contributed by atoms with van der Waals surface area (Å²) in [5, 5.41) is 2.83. The Hall–Kier alpha value is -3.02. The highest BCUT2D eigenvalue weighted by atomic mass is 16.5. The first-order chi connectivity index (χ1) is 12.2. The summed E-state index contributed by atoms with van der Waals surface area (Å²) in [4.78, 5) is 24.2. The molecule has 1 amide bonds. The minimum absolute atomic E-state index is 0.0807. The summed E-state index contributed by atoms with van der Waals surface area (Å²) in [6, 6.07) is 17.0. The Morgan fingerprint density at radius 2 is 1.72 bits per heavy atom. The van der Waals surface area contributed by atoms with Gasteiger partial charge in [0, 0.05) is 20.1 Å². The van der Waals surface area contributed by atoms with Crippen LogP contribution in [0.1, 0.15) is 6.42 Å². The van der Waals surface area contributed by atoms with Crippen molar-refractivity contribution in [1.82, 2.24) is 14.5 Å². The van der Waals surface area contributed by atoms with Gasteiger partial charge in [0.2, 0.25) is 5.91 Å². The largest absolute Gasteiger partial charge is 0.493 e. The van der Waals surface area contributed by atoms with Gasteiger partial charge in [-0.2, -0.15) is 0 Å². The van der Waals surface area contributed by atoms with Crippen LogP contribution in [0.4, 0.5) is 0 Å². The number of carbonyl (C=O) groups is 1. The van der Waals surface area contributed by atoms with E-state index in [9.17, 15) is 9.59 Å². The molecule has 1 N–H and O–H groups in total. The number of fused-ring (bicyclic) bond motifs is 1. The molecule has 0 saturated heterocycles. The zero-order valence-electron chi connectivity index (χ0n) is 14.1. The Labute approximate surface area is 145 Å². The molecule has 0 saturated carbocycles. The molecule has 0 radical (unpaired) electrons. The van der Waals surface area contributed by atoms with Crippen molar-refractivity contribution in [1.29, 1.82) is 0 Å². The lowest BCUT2D eigenvalue weighted by Gasteiger charge is -2.08. The van der Waals surface area contributed by atoms with Crippen molar-refractivity contribution in [3.8, 4) is 5.75 Å². The van der Waals surface area contributed by atoms with E-state index in [1.165, 1.54) is 0 Å². The molecule has 1 heterocycles. The molecule has 0 fully saturated rings. The maximum Gasteiger partial charge on any atom is 0.328 e. The van der Waals surface area contributed by atoms with Crippen molar-refractivity contribution in [2.45, 2.75) is 13.0 Å². The van der Waals surface area contributed by atoms with E-state index in [2.05, 4.69) is 5.32 Å². The number of nitrogens with one attached hydrogen (secondary N) is 1. The Bertz CT molecular complexity index is 913. The highest BCUT2D eigenvalue weighted by Gasteiger charge is 2.10. The van der Waals surface area contributed by atoms with Crippen molar-refractivity contribution in [2.24, 2.45) is 7.05 Å². The zero-order valence-corrected chi connectivity index (χ0v) is 14.1. The molecular weight excluding hydrogens is 318 g/mol. The Balaban J connectivity index is 1.49. The lowest BCUT2D eigenvalue weighted by atomic mass is 10.3. The van der Waals surface area contributed by atoms with Crippen LogP contribution in [0.15, 0.2) is 59.4 Å². The summed E-state index contributed by atoms with van der Waals surface area (Å²) < 4.78 is 8.79. The molecule has 3 aromatic rings. The van der Waals surface area contributed by atoms with Crippen molar-refractivity contribution < 1.29 is 9.53 Å². The number of carbonyl (C=O) groups excluding carboxylic acids is 1. The third-order valence-corrected chi connectivity index (χ3v) is 4.05. The van der Waals surface area contributed by atoms with E-state index in [0.29, 0.717) is 19.7 Å². The number of rotatable bonds is 7. The molecule has 0 atom stereocenters. The molecule has 130 valence electrons. The van der Waals surface area contributed by atoms with Crippen molar-refractivity contribution >= 4 is 16.9 Å². The third-order valence-electron chi connectivity index (χ3n) is 4.05. The quantitative estimate of drug-likeness (QED) is 0.715. The maximum absolute atomic E-state index is 12.3. The van der Waals surface area contributed by atoms with Crippen LogP contribution < -0.4 is 15.7 Å².